The van der Waals surface area contributed by atoms with Gasteiger partial charge in [0.15, 0.2) is 0 Å². The Bertz CT molecular complexity index is 811. The molecule has 0 fully saturated rings. The quantitative estimate of drug-likeness (QED) is 0.804. The topological polar surface area (TPSA) is 68.0 Å². The molecule has 0 atom stereocenters. The molecule has 0 spiro atoms. The lowest BCUT2D eigenvalue weighted by Crippen LogP contribution is -2.23. The summed E-state index contributed by atoms with van der Waals surface area (Å²) in [5.41, 5.74) is 2.68. The predicted octanol–water partition coefficient (Wildman–Crippen LogP) is 3.11. The van der Waals surface area contributed by atoms with E-state index in [2.05, 4.69) is 15.5 Å². The molecular weight excluding hydrogens is 297 g/mol. The van der Waals surface area contributed by atoms with Crippen LogP contribution in [0.2, 0.25) is 0 Å². The first kappa shape index (κ1) is 14.9. The molecule has 0 aliphatic carbocycles. The smallest absolute Gasteiger partial charge is 0.309 e. The van der Waals surface area contributed by atoms with Crippen molar-refractivity contribution in [3.8, 4) is 11.5 Å². The maximum atomic E-state index is 12.9. The molecule has 3 rings (SSSR count). The van der Waals surface area contributed by atoms with Gasteiger partial charge in [0.05, 0.1) is 0 Å². The van der Waals surface area contributed by atoms with E-state index in [-0.39, 0.29) is 17.6 Å². The van der Waals surface area contributed by atoms with Gasteiger partial charge >= 0.3 is 11.8 Å². The third-order valence-electron chi connectivity index (χ3n) is 3.28. The minimum Gasteiger partial charge on any atom is -0.412 e. The molecule has 1 amide bonds. The van der Waals surface area contributed by atoms with E-state index in [1.54, 1.807) is 0 Å². The van der Waals surface area contributed by atoms with Crippen LogP contribution in [-0.4, -0.2) is 16.1 Å². The Morgan fingerprint density at radius 2 is 1.78 bits per heavy atom. The lowest BCUT2D eigenvalue weighted by Gasteiger charge is -2.02. The van der Waals surface area contributed by atoms with Crippen molar-refractivity contribution in [1.82, 2.24) is 15.5 Å². The van der Waals surface area contributed by atoms with Crippen LogP contribution in [0.15, 0.2) is 52.9 Å². The van der Waals surface area contributed by atoms with E-state index in [4.69, 9.17) is 4.42 Å². The van der Waals surface area contributed by atoms with E-state index in [0.717, 1.165) is 11.1 Å². The second kappa shape index (κ2) is 6.39. The van der Waals surface area contributed by atoms with Gasteiger partial charge in [-0.15, -0.1) is 10.2 Å². The van der Waals surface area contributed by atoms with Crippen LogP contribution in [0, 0.1) is 12.7 Å². The van der Waals surface area contributed by atoms with Crippen LogP contribution >= 0.6 is 0 Å². The number of benzene rings is 2. The van der Waals surface area contributed by atoms with E-state index in [1.165, 1.54) is 24.3 Å². The number of hydrogen-bond donors (Lipinski definition) is 1. The summed E-state index contributed by atoms with van der Waals surface area (Å²) in [4.78, 5) is 12.0. The van der Waals surface area contributed by atoms with Crippen molar-refractivity contribution in [2.24, 2.45) is 0 Å². The first-order chi connectivity index (χ1) is 11.1. The van der Waals surface area contributed by atoms with Crippen molar-refractivity contribution >= 4 is 5.91 Å². The summed E-state index contributed by atoms with van der Waals surface area (Å²) in [5, 5.41) is 10.2. The lowest BCUT2D eigenvalue weighted by molar-refractivity contribution is 0.0917. The van der Waals surface area contributed by atoms with Crippen LogP contribution in [0.5, 0.6) is 0 Å². The van der Waals surface area contributed by atoms with Crippen LogP contribution in [0.1, 0.15) is 21.8 Å². The number of amides is 1. The molecule has 0 saturated heterocycles. The molecule has 0 bridgehead atoms. The van der Waals surface area contributed by atoms with Crippen molar-refractivity contribution in [1.29, 1.82) is 0 Å². The highest BCUT2D eigenvalue weighted by Gasteiger charge is 2.15. The van der Waals surface area contributed by atoms with Crippen molar-refractivity contribution in [2.75, 3.05) is 0 Å². The first-order valence-electron chi connectivity index (χ1n) is 7.05. The van der Waals surface area contributed by atoms with Gasteiger partial charge in [0.2, 0.25) is 5.89 Å². The van der Waals surface area contributed by atoms with E-state index in [0.29, 0.717) is 12.1 Å². The van der Waals surface area contributed by atoms with E-state index in [1.807, 2.05) is 31.2 Å². The Labute approximate surface area is 132 Å². The van der Waals surface area contributed by atoms with Gasteiger partial charge in [0.25, 0.3) is 0 Å². The van der Waals surface area contributed by atoms with Gasteiger partial charge in [-0.1, -0.05) is 29.8 Å². The Morgan fingerprint density at radius 1 is 1.09 bits per heavy atom. The van der Waals surface area contributed by atoms with Crippen LogP contribution in [-0.2, 0) is 6.54 Å². The second-order valence-electron chi connectivity index (χ2n) is 5.09. The fourth-order valence-corrected chi connectivity index (χ4v) is 1.99. The molecule has 116 valence electrons. The van der Waals surface area contributed by atoms with Crippen LogP contribution < -0.4 is 5.32 Å². The zero-order valence-electron chi connectivity index (χ0n) is 12.4. The number of carbonyl (C=O) groups is 1. The minimum absolute atomic E-state index is 0.128. The van der Waals surface area contributed by atoms with Gasteiger partial charge in [-0.05, 0) is 36.8 Å². The normalized spacial score (nSPS) is 10.5. The van der Waals surface area contributed by atoms with Gasteiger partial charge in [0, 0.05) is 12.1 Å². The summed E-state index contributed by atoms with van der Waals surface area (Å²) in [6.45, 7) is 2.37. The second-order valence-corrected chi connectivity index (χ2v) is 5.09. The zero-order valence-corrected chi connectivity index (χ0v) is 12.4. The molecule has 0 aliphatic heterocycles. The average Bonchev–Trinajstić information content (AvgIpc) is 3.05. The third kappa shape index (κ3) is 3.60. The maximum Gasteiger partial charge on any atom is 0.309 e. The van der Waals surface area contributed by atoms with E-state index >= 15 is 0 Å². The zero-order chi connectivity index (χ0) is 16.2. The summed E-state index contributed by atoms with van der Waals surface area (Å²) < 4.78 is 18.2. The molecule has 1 heterocycles. The average molecular weight is 311 g/mol. The third-order valence-corrected chi connectivity index (χ3v) is 3.28. The number of hydrogen-bond acceptors (Lipinski definition) is 4. The van der Waals surface area contributed by atoms with Gasteiger partial charge in [0.1, 0.15) is 5.82 Å². The number of rotatable bonds is 4. The molecule has 2 aromatic carbocycles. The molecule has 0 saturated carbocycles. The van der Waals surface area contributed by atoms with Gasteiger partial charge in [-0.3, -0.25) is 4.79 Å². The molecule has 23 heavy (non-hydrogen) atoms. The largest absolute Gasteiger partial charge is 0.412 e. The van der Waals surface area contributed by atoms with Crippen LogP contribution in [0.4, 0.5) is 4.39 Å². The number of halogens is 1. The SMILES string of the molecule is Cc1ccc(CNC(=O)c2nnc(-c3ccc(F)cc3)o2)cc1. The van der Waals surface area contributed by atoms with Crippen molar-refractivity contribution in [2.45, 2.75) is 13.5 Å². The van der Waals surface area contributed by atoms with E-state index in [9.17, 15) is 9.18 Å². The lowest BCUT2D eigenvalue weighted by atomic mass is 10.1. The van der Waals surface area contributed by atoms with Gasteiger partial charge in [-0.2, -0.15) is 0 Å². The highest BCUT2D eigenvalue weighted by atomic mass is 19.1. The molecule has 5 nitrogen and oxygen atoms in total. The predicted molar refractivity (Wildman–Crippen MR) is 82.0 cm³/mol. The van der Waals surface area contributed by atoms with Crippen molar-refractivity contribution in [3.05, 3.63) is 71.4 Å². The Balaban J connectivity index is 1.66. The standard InChI is InChI=1S/C17H14FN3O2/c1-11-2-4-12(5-3-11)10-19-15(22)17-21-20-16(23-17)13-6-8-14(18)9-7-13/h2-9H,10H2,1H3,(H,19,22). The van der Waals surface area contributed by atoms with E-state index < -0.39 is 5.91 Å². The Kier molecular flexibility index (Phi) is 4.14. The minimum atomic E-state index is -0.452. The fourth-order valence-electron chi connectivity index (χ4n) is 1.99. The Morgan fingerprint density at radius 3 is 2.48 bits per heavy atom. The highest BCUT2D eigenvalue weighted by molar-refractivity contribution is 5.89. The van der Waals surface area contributed by atoms with Crippen LogP contribution in [0.3, 0.4) is 0 Å². The van der Waals surface area contributed by atoms with Gasteiger partial charge in [-0.25, -0.2) is 4.39 Å². The first-order valence-corrected chi connectivity index (χ1v) is 7.05. The highest BCUT2D eigenvalue weighted by Crippen LogP contribution is 2.18. The van der Waals surface area contributed by atoms with Crippen molar-refractivity contribution < 1.29 is 13.6 Å². The van der Waals surface area contributed by atoms with Crippen molar-refractivity contribution in [3.63, 3.8) is 0 Å². The number of aryl methyl sites for hydroxylation is 1. The Hall–Kier alpha value is -3.02. The molecule has 1 N–H and O–H groups in total. The fraction of sp³-hybridized carbons (Fsp3) is 0.118. The molecule has 0 radical (unpaired) electrons. The summed E-state index contributed by atoms with van der Waals surface area (Å²) in [6.07, 6.45) is 0. The molecule has 1 aromatic heterocycles. The molecule has 3 aromatic rings. The number of aromatic nitrogens is 2. The number of nitrogens with one attached hydrogen (secondary N) is 1. The molecule has 0 unspecified atom stereocenters. The number of carbonyl (C=O) groups excluding carboxylic acids is 1. The van der Waals surface area contributed by atoms with Gasteiger partial charge < -0.3 is 9.73 Å². The summed E-state index contributed by atoms with van der Waals surface area (Å²) in [5.74, 6) is -0.766. The summed E-state index contributed by atoms with van der Waals surface area (Å²) >= 11 is 0. The molecular formula is C17H14FN3O2. The molecule has 0 aliphatic rings. The monoisotopic (exact) mass is 311 g/mol. The summed E-state index contributed by atoms with van der Waals surface area (Å²) in [6, 6.07) is 13.4. The number of nitrogens with zero attached hydrogens (tertiary/aromatic N) is 2. The van der Waals surface area contributed by atoms with Crippen LogP contribution in [0.25, 0.3) is 11.5 Å². The maximum absolute atomic E-state index is 12.9. The molecule has 6 heteroatoms. The summed E-state index contributed by atoms with van der Waals surface area (Å²) in [7, 11) is 0.